The quantitative estimate of drug-likeness (QED) is 0.772. The highest BCUT2D eigenvalue weighted by Gasteiger charge is 2.35. The lowest BCUT2D eigenvalue weighted by atomic mass is 10.3. The van der Waals surface area contributed by atoms with Gasteiger partial charge >= 0.3 is 17.8 Å². The summed E-state index contributed by atoms with van der Waals surface area (Å²) in [6.07, 6.45) is 0.574. The molecule has 1 saturated heterocycles. The van der Waals surface area contributed by atoms with Crippen LogP contribution in [-0.4, -0.2) is 63.6 Å². The van der Waals surface area contributed by atoms with Crippen molar-refractivity contribution in [2.24, 2.45) is 7.05 Å². The van der Waals surface area contributed by atoms with E-state index in [1.165, 1.54) is 4.90 Å². The molecule has 0 unspecified atom stereocenters. The molecule has 2 heterocycles. The second kappa shape index (κ2) is 6.59. The number of hydrogen-bond donors (Lipinski definition) is 1. The zero-order valence-corrected chi connectivity index (χ0v) is 13.1. The fourth-order valence-electron chi connectivity index (χ4n) is 2.32. The predicted octanol–water partition coefficient (Wildman–Crippen LogP) is -0.329. The standard InChI is InChI=1S/C14H21N5O3/c1-4-18-7-8-19(13(21)12(18)20)14(22)15-6-5-11-9-10(2)17(3)16-11/h9H,4-8H2,1-3H3,(H,15,22). The first-order chi connectivity index (χ1) is 10.4. The number of carbonyl (C=O) groups excluding carboxylic acids is 3. The summed E-state index contributed by atoms with van der Waals surface area (Å²) < 4.78 is 1.77. The number of urea groups is 1. The van der Waals surface area contributed by atoms with Crippen molar-refractivity contribution in [3.8, 4) is 0 Å². The third kappa shape index (κ3) is 3.26. The van der Waals surface area contributed by atoms with Gasteiger partial charge in [-0.3, -0.25) is 19.2 Å². The molecular weight excluding hydrogens is 286 g/mol. The van der Waals surface area contributed by atoms with Gasteiger partial charge in [0, 0.05) is 45.3 Å². The molecule has 0 radical (unpaired) electrons. The molecule has 1 aromatic heterocycles. The third-order valence-electron chi connectivity index (χ3n) is 3.76. The number of nitrogens with one attached hydrogen (secondary N) is 1. The van der Waals surface area contributed by atoms with Gasteiger partial charge in [-0.1, -0.05) is 0 Å². The molecule has 0 atom stereocenters. The zero-order chi connectivity index (χ0) is 16.3. The van der Waals surface area contributed by atoms with Crippen LogP contribution in [0.15, 0.2) is 6.07 Å². The molecule has 4 amide bonds. The largest absolute Gasteiger partial charge is 0.337 e. The summed E-state index contributed by atoms with van der Waals surface area (Å²) in [5.74, 6) is -1.39. The average Bonchev–Trinajstić information content (AvgIpc) is 2.80. The van der Waals surface area contributed by atoms with Crippen LogP contribution in [0.5, 0.6) is 0 Å². The van der Waals surface area contributed by atoms with E-state index < -0.39 is 17.8 Å². The molecule has 1 fully saturated rings. The molecule has 22 heavy (non-hydrogen) atoms. The molecule has 0 aromatic carbocycles. The van der Waals surface area contributed by atoms with Crippen LogP contribution >= 0.6 is 0 Å². The van der Waals surface area contributed by atoms with E-state index in [-0.39, 0.29) is 6.54 Å². The number of piperazine rings is 1. The van der Waals surface area contributed by atoms with Crippen molar-refractivity contribution in [1.29, 1.82) is 0 Å². The van der Waals surface area contributed by atoms with Crippen molar-refractivity contribution in [3.05, 3.63) is 17.5 Å². The van der Waals surface area contributed by atoms with Crippen LogP contribution in [0.4, 0.5) is 4.79 Å². The van der Waals surface area contributed by atoms with E-state index in [0.717, 1.165) is 16.3 Å². The molecule has 120 valence electrons. The Labute approximate surface area is 129 Å². The highest BCUT2D eigenvalue weighted by Crippen LogP contribution is 2.05. The average molecular weight is 307 g/mol. The van der Waals surface area contributed by atoms with Gasteiger partial charge in [0.1, 0.15) is 0 Å². The first kappa shape index (κ1) is 16.0. The van der Waals surface area contributed by atoms with Crippen molar-refractivity contribution in [3.63, 3.8) is 0 Å². The Bertz CT molecular complexity index is 576. The van der Waals surface area contributed by atoms with Gasteiger partial charge in [0.2, 0.25) is 0 Å². The van der Waals surface area contributed by atoms with Crippen molar-refractivity contribution in [1.82, 2.24) is 24.9 Å². The number of carbonyl (C=O) groups is 3. The van der Waals surface area contributed by atoms with Crippen molar-refractivity contribution < 1.29 is 14.4 Å². The Morgan fingerprint density at radius 3 is 2.64 bits per heavy atom. The Balaban J connectivity index is 1.85. The van der Waals surface area contributed by atoms with E-state index in [1.807, 2.05) is 20.0 Å². The lowest BCUT2D eigenvalue weighted by Crippen LogP contribution is -2.58. The maximum absolute atomic E-state index is 12.0. The van der Waals surface area contributed by atoms with Gasteiger partial charge in [0.05, 0.1) is 5.69 Å². The highest BCUT2D eigenvalue weighted by atomic mass is 16.2. The molecule has 0 saturated carbocycles. The number of hydrogen-bond acceptors (Lipinski definition) is 4. The van der Waals surface area contributed by atoms with Gasteiger partial charge in [-0.15, -0.1) is 0 Å². The number of imide groups is 1. The Morgan fingerprint density at radius 1 is 1.32 bits per heavy atom. The predicted molar refractivity (Wildman–Crippen MR) is 79.0 cm³/mol. The fourth-order valence-corrected chi connectivity index (χ4v) is 2.32. The van der Waals surface area contributed by atoms with Gasteiger partial charge in [0.25, 0.3) is 0 Å². The van der Waals surface area contributed by atoms with Crippen molar-refractivity contribution in [2.45, 2.75) is 20.3 Å². The normalized spacial score (nSPS) is 15.4. The molecule has 0 aliphatic carbocycles. The van der Waals surface area contributed by atoms with Gasteiger partial charge in [0.15, 0.2) is 0 Å². The molecule has 2 rings (SSSR count). The summed E-state index contributed by atoms with van der Waals surface area (Å²) in [6.45, 7) is 5.20. The first-order valence-electron chi connectivity index (χ1n) is 7.32. The summed E-state index contributed by atoms with van der Waals surface area (Å²) in [5.41, 5.74) is 1.91. The van der Waals surface area contributed by atoms with Gasteiger partial charge < -0.3 is 10.2 Å². The molecule has 0 bridgehead atoms. The Morgan fingerprint density at radius 2 is 2.05 bits per heavy atom. The lowest BCUT2D eigenvalue weighted by molar-refractivity contribution is -0.153. The van der Waals surface area contributed by atoms with Crippen molar-refractivity contribution in [2.75, 3.05) is 26.2 Å². The maximum atomic E-state index is 12.0. The summed E-state index contributed by atoms with van der Waals surface area (Å²) in [7, 11) is 1.86. The van der Waals surface area contributed by atoms with Crippen LogP contribution in [0.1, 0.15) is 18.3 Å². The number of rotatable bonds is 4. The first-order valence-corrected chi connectivity index (χ1v) is 7.32. The van der Waals surface area contributed by atoms with E-state index >= 15 is 0 Å². The van der Waals surface area contributed by atoms with Crippen LogP contribution in [0.25, 0.3) is 0 Å². The number of nitrogens with zero attached hydrogens (tertiary/aromatic N) is 4. The topological polar surface area (TPSA) is 87.5 Å². The van der Waals surface area contributed by atoms with Gasteiger partial charge in [-0.05, 0) is 19.9 Å². The third-order valence-corrected chi connectivity index (χ3v) is 3.76. The number of amides is 4. The SMILES string of the molecule is CCN1CCN(C(=O)NCCc2cc(C)n(C)n2)C(=O)C1=O. The molecular formula is C14H21N5O3. The molecule has 8 heteroatoms. The molecule has 1 aliphatic rings. The maximum Gasteiger partial charge on any atom is 0.324 e. The minimum Gasteiger partial charge on any atom is -0.337 e. The minimum absolute atomic E-state index is 0.229. The van der Waals surface area contributed by atoms with Crippen LogP contribution in [0, 0.1) is 6.92 Å². The molecule has 8 nitrogen and oxygen atoms in total. The zero-order valence-electron chi connectivity index (χ0n) is 13.1. The van der Waals surface area contributed by atoms with Gasteiger partial charge in [-0.2, -0.15) is 5.10 Å². The minimum atomic E-state index is -0.765. The Kier molecular flexibility index (Phi) is 4.79. The molecule has 1 N–H and O–H groups in total. The second-order valence-corrected chi connectivity index (χ2v) is 5.22. The molecule has 0 spiro atoms. The second-order valence-electron chi connectivity index (χ2n) is 5.22. The van der Waals surface area contributed by atoms with E-state index in [4.69, 9.17) is 0 Å². The molecule has 1 aromatic rings. The highest BCUT2D eigenvalue weighted by molar-refractivity contribution is 6.38. The van der Waals surface area contributed by atoms with Crippen LogP contribution in [0.3, 0.4) is 0 Å². The lowest BCUT2D eigenvalue weighted by Gasteiger charge is -2.31. The monoisotopic (exact) mass is 307 g/mol. The summed E-state index contributed by atoms with van der Waals surface area (Å²) in [5, 5.41) is 6.95. The summed E-state index contributed by atoms with van der Waals surface area (Å²) in [4.78, 5) is 38.0. The number of aromatic nitrogens is 2. The van der Waals surface area contributed by atoms with Gasteiger partial charge in [-0.25, -0.2) is 4.79 Å². The van der Waals surface area contributed by atoms with E-state index in [2.05, 4.69) is 10.4 Å². The van der Waals surface area contributed by atoms with E-state index in [1.54, 1.807) is 11.6 Å². The number of likely N-dealkylation sites (N-methyl/N-ethyl adjacent to an activating group) is 1. The number of aryl methyl sites for hydroxylation is 2. The van der Waals surface area contributed by atoms with Crippen LogP contribution in [-0.2, 0) is 23.1 Å². The summed E-state index contributed by atoms with van der Waals surface area (Å²) >= 11 is 0. The molecule has 1 aliphatic heterocycles. The van der Waals surface area contributed by atoms with Crippen LogP contribution in [0.2, 0.25) is 0 Å². The van der Waals surface area contributed by atoms with Crippen LogP contribution < -0.4 is 5.32 Å². The van der Waals surface area contributed by atoms with E-state index in [0.29, 0.717) is 26.1 Å². The fraction of sp³-hybridized carbons (Fsp3) is 0.571. The Hall–Kier alpha value is -2.38. The smallest absolute Gasteiger partial charge is 0.324 e. The van der Waals surface area contributed by atoms with Crippen molar-refractivity contribution >= 4 is 17.8 Å². The summed E-state index contributed by atoms with van der Waals surface area (Å²) in [6, 6.07) is 1.42. The van der Waals surface area contributed by atoms with E-state index in [9.17, 15) is 14.4 Å².